The number of hydrogen-bond donors (Lipinski definition) is 2. The van der Waals surface area contributed by atoms with Crippen LogP contribution >= 0.6 is 7.82 Å². The SMILES string of the molecule is CCCCCCCCCCCCCCCCCCCCOC[C@H](COP(=O)(O)O)OC(=O)CCCCCCCCCCCCCCCCC. The summed E-state index contributed by atoms with van der Waals surface area (Å²) in [5, 5.41) is 0. The van der Waals surface area contributed by atoms with Gasteiger partial charge in [-0.15, -0.1) is 0 Å². The molecular weight excluding hydrogens is 635 g/mol. The maximum Gasteiger partial charge on any atom is 0.469 e. The number of ether oxygens (including phenoxy) is 2. The molecule has 0 radical (unpaired) electrons. The topological polar surface area (TPSA) is 102 Å². The Balaban J connectivity index is 3.72. The number of carbonyl (C=O) groups is 1. The van der Waals surface area contributed by atoms with Gasteiger partial charge in [-0.1, -0.05) is 213 Å². The molecule has 0 fully saturated rings. The molecular formula is C41H83O7P. The summed E-state index contributed by atoms with van der Waals surface area (Å²) in [5.41, 5.74) is 0. The first-order valence-electron chi connectivity index (χ1n) is 21.4. The third-order valence-corrected chi connectivity index (χ3v) is 10.1. The fourth-order valence-electron chi connectivity index (χ4n) is 6.50. The van der Waals surface area contributed by atoms with Gasteiger partial charge in [0, 0.05) is 13.0 Å². The molecule has 1 atom stereocenters. The Kier molecular flexibility index (Phi) is 38.4. The molecule has 0 amide bonds. The second-order valence-electron chi connectivity index (χ2n) is 14.7. The number of carbonyl (C=O) groups excluding carboxylic acids is 1. The molecule has 0 heterocycles. The number of rotatable bonds is 41. The first kappa shape index (κ1) is 48.5. The van der Waals surface area contributed by atoms with E-state index >= 15 is 0 Å². The number of esters is 1. The Morgan fingerprint density at radius 1 is 0.469 bits per heavy atom. The van der Waals surface area contributed by atoms with Crippen molar-refractivity contribution in [3.63, 3.8) is 0 Å². The first-order chi connectivity index (χ1) is 23.9. The summed E-state index contributed by atoms with van der Waals surface area (Å²) in [6.07, 6.45) is 42.4. The van der Waals surface area contributed by atoms with E-state index in [4.69, 9.17) is 19.3 Å². The van der Waals surface area contributed by atoms with E-state index in [0.29, 0.717) is 13.0 Å². The standard InChI is InChI=1S/C41H83O7P/c1-3-5-7-9-11-13-15-17-19-20-21-23-25-27-29-31-33-35-37-46-38-40(39-47-49(43,44)45)48-41(42)36-34-32-30-28-26-24-22-18-16-14-12-10-8-6-4-2/h40H,3-39H2,1-2H3,(H2,43,44,45)/t40-/m1/s1. The molecule has 294 valence electrons. The third-order valence-electron chi connectivity index (χ3n) is 9.66. The Labute approximate surface area is 304 Å². The Morgan fingerprint density at radius 3 is 1.10 bits per heavy atom. The minimum absolute atomic E-state index is 0.0869. The van der Waals surface area contributed by atoms with Gasteiger partial charge in [-0.25, -0.2) is 4.57 Å². The Bertz CT molecular complexity index is 714. The van der Waals surface area contributed by atoms with Crippen LogP contribution in [0.25, 0.3) is 0 Å². The van der Waals surface area contributed by atoms with E-state index in [2.05, 4.69) is 18.4 Å². The highest BCUT2D eigenvalue weighted by Gasteiger charge is 2.21. The van der Waals surface area contributed by atoms with Gasteiger partial charge in [-0.3, -0.25) is 9.32 Å². The normalized spacial score (nSPS) is 12.5. The van der Waals surface area contributed by atoms with Crippen LogP contribution in [0.3, 0.4) is 0 Å². The predicted octanol–water partition coefficient (Wildman–Crippen LogP) is 13.3. The second kappa shape index (κ2) is 38.8. The van der Waals surface area contributed by atoms with Crippen LogP contribution in [0.5, 0.6) is 0 Å². The zero-order valence-corrected chi connectivity index (χ0v) is 33.5. The summed E-state index contributed by atoms with van der Waals surface area (Å²) in [6, 6.07) is 0. The van der Waals surface area contributed by atoms with Crippen LogP contribution in [-0.4, -0.2) is 41.7 Å². The molecule has 0 aromatic heterocycles. The second-order valence-corrected chi connectivity index (χ2v) is 15.9. The van der Waals surface area contributed by atoms with Crippen LogP contribution in [0.15, 0.2) is 0 Å². The maximum absolute atomic E-state index is 12.4. The van der Waals surface area contributed by atoms with E-state index in [0.717, 1.165) is 32.1 Å². The van der Waals surface area contributed by atoms with Crippen molar-refractivity contribution < 1.29 is 33.1 Å². The summed E-state index contributed by atoms with van der Waals surface area (Å²) in [4.78, 5) is 30.6. The quantitative estimate of drug-likeness (QED) is 0.0368. The molecule has 0 saturated carbocycles. The van der Waals surface area contributed by atoms with Crippen molar-refractivity contribution >= 4 is 13.8 Å². The van der Waals surface area contributed by atoms with Crippen molar-refractivity contribution in [3.05, 3.63) is 0 Å². The van der Waals surface area contributed by atoms with E-state index in [1.54, 1.807) is 0 Å². The Morgan fingerprint density at radius 2 is 0.776 bits per heavy atom. The maximum atomic E-state index is 12.4. The van der Waals surface area contributed by atoms with Gasteiger partial charge < -0.3 is 19.3 Å². The molecule has 0 aliphatic heterocycles. The van der Waals surface area contributed by atoms with E-state index < -0.39 is 13.9 Å². The minimum atomic E-state index is -4.64. The first-order valence-corrected chi connectivity index (χ1v) is 22.9. The fraction of sp³-hybridized carbons (Fsp3) is 0.976. The highest BCUT2D eigenvalue weighted by molar-refractivity contribution is 7.46. The smallest absolute Gasteiger partial charge is 0.457 e. The zero-order valence-electron chi connectivity index (χ0n) is 32.6. The molecule has 0 spiro atoms. The van der Waals surface area contributed by atoms with Gasteiger partial charge in [-0.05, 0) is 12.8 Å². The van der Waals surface area contributed by atoms with Crippen molar-refractivity contribution in [2.45, 2.75) is 238 Å². The lowest BCUT2D eigenvalue weighted by Crippen LogP contribution is -2.28. The van der Waals surface area contributed by atoms with Crippen molar-refractivity contribution in [1.82, 2.24) is 0 Å². The van der Waals surface area contributed by atoms with Crippen molar-refractivity contribution in [2.75, 3.05) is 19.8 Å². The van der Waals surface area contributed by atoms with Crippen molar-refractivity contribution in [2.24, 2.45) is 0 Å². The van der Waals surface area contributed by atoms with Gasteiger partial charge >= 0.3 is 13.8 Å². The van der Waals surface area contributed by atoms with Gasteiger partial charge in [0.25, 0.3) is 0 Å². The van der Waals surface area contributed by atoms with E-state index in [1.807, 2.05) is 0 Å². The van der Waals surface area contributed by atoms with Crippen LogP contribution in [0, 0.1) is 0 Å². The van der Waals surface area contributed by atoms with Crippen LogP contribution in [0.1, 0.15) is 232 Å². The average molecular weight is 719 g/mol. The summed E-state index contributed by atoms with van der Waals surface area (Å²) in [6.45, 7) is 4.81. The average Bonchev–Trinajstić information content (AvgIpc) is 3.07. The predicted molar refractivity (Wildman–Crippen MR) is 207 cm³/mol. The summed E-state index contributed by atoms with van der Waals surface area (Å²) < 4.78 is 27.0. The largest absolute Gasteiger partial charge is 0.469 e. The molecule has 0 aliphatic rings. The van der Waals surface area contributed by atoms with E-state index in [-0.39, 0.29) is 19.2 Å². The summed E-state index contributed by atoms with van der Waals surface area (Å²) in [7, 11) is -4.64. The lowest BCUT2D eigenvalue weighted by Gasteiger charge is -2.18. The van der Waals surface area contributed by atoms with Gasteiger partial charge in [0.15, 0.2) is 0 Å². The van der Waals surface area contributed by atoms with Crippen molar-refractivity contribution in [3.8, 4) is 0 Å². The molecule has 8 heteroatoms. The number of phosphoric acid groups is 1. The van der Waals surface area contributed by atoms with Gasteiger partial charge in [-0.2, -0.15) is 0 Å². The number of unbranched alkanes of at least 4 members (excludes halogenated alkanes) is 31. The Hall–Kier alpha value is -0.460. The third kappa shape index (κ3) is 41.8. The highest BCUT2D eigenvalue weighted by atomic mass is 31.2. The van der Waals surface area contributed by atoms with Crippen LogP contribution in [0.4, 0.5) is 0 Å². The van der Waals surface area contributed by atoms with Crippen LogP contribution < -0.4 is 0 Å². The number of phosphoric ester groups is 1. The zero-order chi connectivity index (χ0) is 35.9. The lowest BCUT2D eigenvalue weighted by molar-refractivity contribution is -0.154. The molecule has 0 rings (SSSR count). The van der Waals surface area contributed by atoms with E-state index in [1.165, 1.54) is 180 Å². The van der Waals surface area contributed by atoms with Crippen LogP contribution in [0.2, 0.25) is 0 Å². The molecule has 0 unspecified atom stereocenters. The minimum Gasteiger partial charge on any atom is -0.457 e. The molecule has 0 aliphatic carbocycles. The van der Waals surface area contributed by atoms with Crippen molar-refractivity contribution in [1.29, 1.82) is 0 Å². The van der Waals surface area contributed by atoms with Crippen LogP contribution in [-0.2, 0) is 23.4 Å². The fourth-order valence-corrected chi connectivity index (χ4v) is 6.86. The lowest BCUT2D eigenvalue weighted by atomic mass is 10.0. The van der Waals surface area contributed by atoms with E-state index in [9.17, 15) is 9.36 Å². The highest BCUT2D eigenvalue weighted by Crippen LogP contribution is 2.36. The number of hydrogen-bond acceptors (Lipinski definition) is 5. The summed E-state index contributed by atoms with van der Waals surface area (Å²) in [5.74, 6) is -0.356. The molecule has 49 heavy (non-hydrogen) atoms. The monoisotopic (exact) mass is 719 g/mol. The molecule has 0 bridgehead atoms. The molecule has 0 aromatic carbocycles. The molecule has 2 N–H and O–H groups in total. The molecule has 7 nitrogen and oxygen atoms in total. The van der Waals surface area contributed by atoms with Gasteiger partial charge in [0.05, 0.1) is 13.2 Å². The van der Waals surface area contributed by atoms with Gasteiger partial charge in [0.2, 0.25) is 0 Å². The van der Waals surface area contributed by atoms with Gasteiger partial charge in [0.1, 0.15) is 6.10 Å². The molecule has 0 saturated heterocycles. The summed E-state index contributed by atoms with van der Waals surface area (Å²) >= 11 is 0. The molecule has 0 aromatic rings.